The highest BCUT2D eigenvalue weighted by Gasteiger charge is 2.20. The van der Waals surface area contributed by atoms with Crippen LogP contribution >= 0.6 is 11.6 Å². The van der Waals surface area contributed by atoms with E-state index in [0.29, 0.717) is 0 Å². The van der Waals surface area contributed by atoms with Crippen LogP contribution in [0.25, 0.3) is 0 Å². The van der Waals surface area contributed by atoms with Gasteiger partial charge in [-0.3, -0.25) is 0 Å². The first kappa shape index (κ1) is 10.9. The third-order valence-corrected chi connectivity index (χ3v) is 2.20. The first-order chi connectivity index (χ1) is 6.49. The van der Waals surface area contributed by atoms with Crippen molar-refractivity contribution in [2.24, 2.45) is 5.73 Å². The van der Waals surface area contributed by atoms with Gasteiger partial charge in [0.05, 0.1) is 17.7 Å². The zero-order valence-corrected chi connectivity index (χ0v) is 7.86. The molecule has 6 heteroatoms. The smallest absolute Gasteiger partial charge is 0.164 e. The summed E-state index contributed by atoms with van der Waals surface area (Å²) >= 11 is 5.63. The van der Waals surface area contributed by atoms with Gasteiger partial charge in [0.2, 0.25) is 0 Å². The number of hydrogen-bond acceptors (Lipinski definition) is 5. The van der Waals surface area contributed by atoms with Gasteiger partial charge in [-0.2, -0.15) is 0 Å². The van der Waals surface area contributed by atoms with Gasteiger partial charge in [0, 0.05) is 11.6 Å². The molecule has 0 aliphatic rings. The molecule has 0 saturated carbocycles. The molecule has 0 heterocycles. The molecule has 0 aliphatic carbocycles. The fourth-order valence-corrected chi connectivity index (χ4v) is 1.35. The van der Waals surface area contributed by atoms with Crippen molar-refractivity contribution >= 4 is 11.6 Å². The molecular weight excluding hydrogens is 210 g/mol. The Morgan fingerprint density at radius 2 is 1.86 bits per heavy atom. The molecule has 1 atom stereocenters. The van der Waals surface area contributed by atoms with Crippen LogP contribution in [-0.2, 0) is 0 Å². The molecule has 0 bridgehead atoms. The maximum Gasteiger partial charge on any atom is 0.164 e. The second kappa shape index (κ2) is 3.91. The number of phenols is 3. The summed E-state index contributed by atoms with van der Waals surface area (Å²) in [6.07, 6.45) is 0. The van der Waals surface area contributed by atoms with Gasteiger partial charge in [0.25, 0.3) is 0 Å². The molecule has 0 radical (unpaired) electrons. The summed E-state index contributed by atoms with van der Waals surface area (Å²) < 4.78 is 0. The van der Waals surface area contributed by atoms with E-state index in [1.165, 1.54) is 0 Å². The molecule has 0 aromatic heterocycles. The highest BCUT2D eigenvalue weighted by Crippen LogP contribution is 2.42. The highest BCUT2D eigenvalue weighted by atomic mass is 35.5. The molecule has 78 valence electrons. The van der Waals surface area contributed by atoms with E-state index in [2.05, 4.69) is 0 Å². The first-order valence-corrected chi connectivity index (χ1v) is 4.16. The number of hydrogen-bond donors (Lipinski definition) is 5. The van der Waals surface area contributed by atoms with Crippen molar-refractivity contribution in [2.45, 2.75) is 6.04 Å². The largest absolute Gasteiger partial charge is 0.506 e. The fraction of sp³-hybridized carbons (Fsp3) is 0.250. The second-order valence-electron chi connectivity index (χ2n) is 2.78. The average molecular weight is 220 g/mol. The third kappa shape index (κ3) is 1.70. The van der Waals surface area contributed by atoms with Crippen LogP contribution in [0.5, 0.6) is 17.2 Å². The van der Waals surface area contributed by atoms with E-state index in [0.717, 1.165) is 6.07 Å². The van der Waals surface area contributed by atoms with Gasteiger partial charge in [-0.15, -0.1) is 0 Å². The molecule has 14 heavy (non-hydrogen) atoms. The minimum absolute atomic E-state index is 0.0772. The Morgan fingerprint density at radius 3 is 2.36 bits per heavy atom. The number of aliphatic hydroxyl groups excluding tert-OH is 1. The minimum atomic E-state index is -0.958. The number of aromatic hydroxyl groups is 3. The van der Waals surface area contributed by atoms with Crippen molar-refractivity contribution in [1.82, 2.24) is 0 Å². The maximum atomic E-state index is 9.37. The van der Waals surface area contributed by atoms with Crippen LogP contribution < -0.4 is 5.73 Å². The van der Waals surface area contributed by atoms with Crippen LogP contribution in [0.3, 0.4) is 0 Å². The van der Waals surface area contributed by atoms with Crippen LogP contribution in [0.15, 0.2) is 6.07 Å². The molecular formula is C8H10ClNO4. The number of rotatable bonds is 2. The molecule has 1 rings (SSSR count). The van der Waals surface area contributed by atoms with Crippen LogP contribution in [0.1, 0.15) is 11.6 Å². The topological polar surface area (TPSA) is 107 Å². The summed E-state index contributed by atoms with van der Waals surface area (Å²) in [6, 6.07) is -0.0638. The summed E-state index contributed by atoms with van der Waals surface area (Å²) in [5.41, 5.74) is 5.34. The number of nitrogens with two attached hydrogens (primary N) is 1. The number of aliphatic hydroxyl groups is 1. The first-order valence-electron chi connectivity index (χ1n) is 3.78. The lowest BCUT2D eigenvalue weighted by Crippen LogP contribution is -2.15. The van der Waals surface area contributed by atoms with E-state index in [1.54, 1.807) is 0 Å². The Balaban J connectivity index is 3.39. The number of benzene rings is 1. The van der Waals surface area contributed by atoms with Gasteiger partial charge in [-0.25, -0.2) is 0 Å². The van der Waals surface area contributed by atoms with Gasteiger partial charge in [-0.1, -0.05) is 11.6 Å². The molecule has 1 unspecified atom stereocenters. The van der Waals surface area contributed by atoms with E-state index in [9.17, 15) is 10.2 Å². The number of halogens is 1. The van der Waals surface area contributed by atoms with E-state index in [4.69, 9.17) is 27.5 Å². The molecule has 1 aromatic carbocycles. The summed E-state index contributed by atoms with van der Waals surface area (Å²) in [4.78, 5) is 0. The van der Waals surface area contributed by atoms with Crippen molar-refractivity contribution in [2.75, 3.05) is 6.61 Å². The van der Waals surface area contributed by atoms with Crippen molar-refractivity contribution in [3.63, 3.8) is 0 Å². The molecule has 1 aromatic rings. The summed E-state index contributed by atoms with van der Waals surface area (Å²) in [5.74, 6) is -1.47. The lowest BCUT2D eigenvalue weighted by atomic mass is 10.1. The summed E-state index contributed by atoms with van der Waals surface area (Å²) in [7, 11) is 0. The Kier molecular flexibility index (Phi) is 3.05. The van der Waals surface area contributed by atoms with Gasteiger partial charge >= 0.3 is 0 Å². The van der Waals surface area contributed by atoms with E-state index in [1.807, 2.05) is 0 Å². The average Bonchev–Trinajstić information content (AvgIpc) is 2.15. The predicted octanol–water partition coefficient (Wildman–Crippen LogP) is 0.449. The molecule has 6 N–H and O–H groups in total. The van der Waals surface area contributed by atoms with Gasteiger partial charge in [0.15, 0.2) is 11.5 Å². The van der Waals surface area contributed by atoms with Crippen LogP contribution in [0.2, 0.25) is 5.02 Å². The van der Waals surface area contributed by atoms with Gasteiger partial charge in [0.1, 0.15) is 5.75 Å². The summed E-state index contributed by atoms with van der Waals surface area (Å²) in [6.45, 7) is -0.462. The molecule has 0 saturated heterocycles. The van der Waals surface area contributed by atoms with Gasteiger partial charge < -0.3 is 26.2 Å². The van der Waals surface area contributed by atoms with Crippen LogP contribution in [0, 0.1) is 0 Å². The summed E-state index contributed by atoms with van der Waals surface area (Å²) in [5, 5.41) is 36.3. The van der Waals surface area contributed by atoms with Crippen molar-refractivity contribution < 1.29 is 20.4 Å². The standard InChI is InChI=1S/C8H10ClNO4/c9-7-4(12)1-5(13)8(14)6(7)3(10)2-11/h1,3,11-14H,2,10H2. The monoisotopic (exact) mass is 219 g/mol. The Hall–Kier alpha value is -1.17. The number of phenolic OH excluding ortho intramolecular Hbond substituents is 3. The van der Waals surface area contributed by atoms with Crippen molar-refractivity contribution in [3.05, 3.63) is 16.7 Å². The van der Waals surface area contributed by atoms with Gasteiger partial charge in [-0.05, 0) is 0 Å². The molecule has 0 spiro atoms. The Bertz CT molecular complexity index is 329. The zero-order valence-electron chi connectivity index (χ0n) is 7.11. The second-order valence-corrected chi connectivity index (χ2v) is 3.16. The fourth-order valence-electron chi connectivity index (χ4n) is 1.07. The minimum Gasteiger partial charge on any atom is -0.506 e. The Labute approximate surface area is 85.0 Å². The highest BCUT2D eigenvalue weighted by molar-refractivity contribution is 6.33. The lowest BCUT2D eigenvalue weighted by molar-refractivity contribution is 0.264. The van der Waals surface area contributed by atoms with Crippen LogP contribution in [-0.4, -0.2) is 27.0 Å². The SMILES string of the molecule is NC(CO)c1c(O)c(O)cc(O)c1Cl. The third-order valence-electron chi connectivity index (χ3n) is 1.80. The van der Waals surface area contributed by atoms with E-state index in [-0.39, 0.29) is 10.6 Å². The Morgan fingerprint density at radius 1 is 1.29 bits per heavy atom. The molecule has 5 nitrogen and oxygen atoms in total. The quantitative estimate of drug-likeness (QED) is 0.367. The van der Waals surface area contributed by atoms with E-state index >= 15 is 0 Å². The van der Waals surface area contributed by atoms with E-state index < -0.39 is 29.9 Å². The van der Waals surface area contributed by atoms with Crippen molar-refractivity contribution in [3.8, 4) is 17.2 Å². The predicted molar refractivity (Wildman–Crippen MR) is 50.5 cm³/mol. The lowest BCUT2D eigenvalue weighted by Gasteiger charge is -2.14. The van der Waals surface area contributed by atoms with Crippen molar-refractivity contribution in [1.29, 1.82) is 0 Å². The normalized spacial score (nSPS) is 12.8. The van der Waals surface area contributed by atoms with Crippen LogP contribution in [0.4, 0.5) is 0 Å². The molecule has 0 aliphatic heterocycles. The molecule has 0 amide bonds. The zero-order chi connectivity index (χ0) is 10.9. The maximum absolute atomic E-state index is 9.37. The molecule has 0 fully saturated rings.